The van der Waals surface area contributed by atoms with Crippen molar-refractivity contribution >= 4 is 5.91 Å². The molecule has 1 aliphatic rings. The summed E-state index contributed by atoms with van der Waals surface area (Å²) in [7, 11) is 0. The van der Waals surface area contributed by atoms with Gasteiger partial charge >= 0.3 is 0 Å². The molecule has 3 N–H and O–H groups in total. The minimum absolute atomic E-state index is 0.0373. The highest BCUT2D eigenvalue weighted by Crippen LogP contribution is 2.18. The third kappa shape index (κ3) is 4.96. The van der Waals surface area contributed by atoms with Crippen LogP contribution in [-0.2, 0) is 4.79 Å². The van der Waals surface area contributed by atoms with Gasteiger partial charge in [-0.05, 0) is 30.5 Å². The van der Waals surface area contributed by atoms with Crippen LogP contribution in [0.4, 0.5) is 4.39 Å². The molecule has 4 nitrogen and oxygen atoms in total. The number of carbonyl (C=O) groups is 1. The minimum Gasteiger partial charge on any atom is -0.387 e. The summed E-state index contributed by atoms with van der Waals surface area (Å²) in [5.41, 5.74) is 0.537. The SMILES string of the molecule is O=C(CCNCC(O)c1cccc(F)c1)NC1CC1. The Hall–Kier alpha value is -1.46. The monoisotopic (exact) mass is 266 g/mol. The molecule has 1 fully saturated rings. The van der Waals surface area contributed by atoms with Crippen LogP contribution in [0.25, 0.3) is 0 Å². The third-order valence-electron chi connectivity index (χ3n) is 3.04. The molecule has 104 valence electrons. The van der Waals surface area contributed by atoms with Crippen LogP contribution in [-0.4, -0.2) is 30.1 Å². The average molecular weight is 266 g/mol. The van der Waals surface area contributed by atoms with Gasteiger partial charge < -0.3 is 15.7 Å². The lowest BCUT2D eigenvalue weighted by atomic mass is 10.1. The number of nitrogens with one attached hydrogen (secondary N) is 2. The van der Waals surface area contributed by atoms with Crippen molar-refractivity contribution in [2.45, 2.75) is 31.4 Å². The molecule has 0 radical (unpaired) electrons. The number of carbonyl (C=O) groups excluding carboxylic acids is 1. The largest absolute Gasteiger partial charge is 0.387 e. The van der Waals surface area contributed by atoms with Crippen LogP contribution < -0.4 is 10.6 Å². The summed E-state index contributed by atoms with van der Waals surface area (Å²) in [5, 5.41) is 15.7. The topological polar surface area (TPSA) is 61.4 Å². The van der Waals surface area contributed by atoms with E-state index < -0.39 is 6.10 Å². The number of benzene rings is 1. The van der Waals surface area contributed by atoms with Crippen molar-refractivity contribution in [3.05, 3.63) is 35.6 Å². The van der Waals surface area contributed by atoms with Crippen LogP contribution in [0.15, 0.2) is 24.3 Å². The summed E-state index contributed by atoms with van der Waals surface area (Å²) in [5.74, 6) is -0.324. The molecule has 1 aromatic carbocycles. The van der Waals surface area contributed by atoms with Crippen LogP contribution in [0.5, 0.6) is 0 Å². The first-order valence-corrected chi connectivity index (χ1v) is 6.59. The van der Waals surface area contributed by atoms with Gasteiger partial charge in [0.15, 0.2) is 0 Å². The zero-order valence-corrected chi connectivity index (χ0v) is 10.7. The first kappa shape index (κ1) is 14.0. The van der Waals surface area contributed by atoms with E-state index in [2.05, 4.69) is 10.6 Å². The second-order valence-electron chi connectivity index (χ2n) is 4.87. The van der Waals surface area contributed by atoms with E-state index in [1.807, 2.05) is 0 Å². The van der Waals surface area contributed by atoms with E-state index in [4.69, 9.17) is 0 Å². The Bertz CT molecular complexity index is 435. The van der Waals surface area contributed by atoms with E-state index in [0.29, 0.717) is 31.1 Å². The molecule has 0 spiro atoms. The highest BCUT2D eigenvalue weighted by molar-refractivity contribution is 5.76. The first-order valence-electron chi connectivity index (χ1n) is 6.59. The van der Waals surface area contributed by atoms with E-state index in [0.717, 1.165) is 12.8 Å². The molecule has 0 aliphatic heterocycles. The molecule has 1 atom stereocenters. The molecular weight excluding hydrogens is 247 g/mol. The number of hydrogen-bond acceptors (Lipinski definition) is 3. The number of halogens is 1. The number of rotatable bonds is 7. The van der Waals surface area contributed by atoms with E-state index >= 15 is 0 Å². The first-order chi connectivity index (χ1) is 9.15. The molecule has 1 saturated carbocycles. The van der Waals surface area contributed by atoms with Gasteiger partial charge in [0.25, 0.3) is 0 Å². The van der Waals surface area contributed by atoms with Gasteiger partial charge in [0, 0.05) is 25.6 Å². The lowest BCUT2D eigenvalue weighted by Gasteiger charge is -2.12. The Labute approximate surface area is 112 Å². The van der Waals surface area contributed by atoms with Crippen LogP contribution in [0.2, 0.25) is 0 Å². The zero-order valence-electron chi connectivity index (χ0n) is 10.7. The van der Waals surface area contributed by atoms with E-state index in [-0.39, 0.29) is 11.7 Å². The van der Waals surface area contributed by atoms with Gasteiger partial charge in [0.1, 0.15) is 5.82 Å². The summed E-state index contributed by atoms with van der Waals surface area (Å²) in [6, 6.07) is 6.27. The maximum absolute atomic E-state index is 13.0. The maximum Gasteiger partial charge on any atom is 0.221 e. The van der Waals surface area contributed by atoms with Gasteiger partial charge in [-0.25, -0.2) is 4.39 Å². The average Bonchev–Trinajstić information content (AvgIpc) is 3.18. The predicted octanol–water partition coefficient (Wildman–Crippen LogP) is 1.12. The fourth-order valence-corrected chi connectivity index (χ4v) is 1.80. The number of amides is 1. The fraction of sp³-hybridized carbons (Fsp3) is 0.500. The molecule has 1 aromatic rings. The van der Waals surface area contributed by atoms with Gasteiger partial charge in [-0.15, -0.1) is 0 Å². The Morgan fingerprint density at radius 1 is 1.47 bits per heavy atom. The van der Waals surface area contributed by atoms with Crippen molar-refractivity contribution in [3.8, 4) is 0 Å². The molecule has 0 heterocycles. The van der Waals surface area contributed by atoms with E-state index in [1.54, 1.807) is 12.1 Å². The minimum atomic E-state index is -0.762. The highest BCUT2D eigenvalue weighted by atomic mass is 19.1. The Balaban J connectivity index is 1.63. The van der Waals surface area contributed by atoms with Gasteiger partial charge in [-0.3, -0.25) is 4.79 Å². The van der Waals surface area contributed by atoms with Crippen molar-refractivity contribution in [3.63, 3.8) is 0 Å². The van der Waals surface area contributed by atoms with Gasteiger partial charge in [0.2, 0.25) is 5.91 Å². The van der Waals surface area contributed by atoms with Crippen LogP contribution >= 0.6 is 0 Å². The maximum atomic E-state index is 13.0. The summed E-state index contributed by atoms with van der Waals surface area (Å²) in [6.45, 7) is 0.811. The van der Waals surface area contributed by atoms with Crippen molar-refractivity contribution in [1.29, 1.82) is 0 Å². The molecule has 0 aromatic heterocycles. The Morgan fingerprint density at radius 2 is 2.26 bits per heavy atom. The van der Waals surface area contributed by atoms with Gasteiger partial charge in [-0.2, -0.15) is 0 Å². The molecular formula is C14H19FN2O2. The van der Waals surface area contributed by atoms with E-state index in [9.17, 15) is 14.3 Å². The molecule has 2 rings (SSSR count). The molecule has 0 saturated heterocycles. The molecule has 0 bridgehead atoms. The van der Waals surface area contributed by atoms with E-state index in [1.165, 1.54) is 12.1 Å². The van der Waals surface area contributed by atoms with Crippen LogP contribution in [0.3, 0.4) is 0 Å². The molecule has 5 heteroatoms. The van der Waals surface area contributed by atoms with Gasteiger partial charge in [-0.1, -0.05) is 12.1 Å². The number of hydrogen-bond donors (Lipinski definition) is 3. The number of aliphatic hydroxyl groups is 1. The summed E-state index contributed by atoms with van der Waals surface area (Å²) in [6.07, 6.45) is 1.79. The molecule has 1 aliphatic carbocycles. The number of aliphatic hydroxyl groups excluding tert-OH is 1. The Kier molecular flexibility index (Phi) is 4.87. The lowest BCUT2D eigenvalue weighted by Crippen LogP contribution is -2.30. The molecule has 1 unspecified atom stereocenters. The molecule has 19 heavy (non-hydrogen) atoms. The predicted molar refractivity (Wildman–Crippen MR) is 70.0 cm³/mol. The quantitative estimate of drug-likeness (QED) is 0.648. The van der Waals surface area contributed by atoms with Crippen molar-refractivity contribution in [2.75, 3.05) is 13.1 Å². The lowest BCUT2D eigenvalue weighted by molar-refractivity contribution is -0.121. The summed E-state index contributed by atoms with van der Waals surface area (Å²) in [4.78, 5) is 11.4. The summed E-state index contributed by atoms with van der Waals surface area (Å²) < 4.78 is 13.0. The Morgan fingerprint density at radius 3 is 2.95 bits per heavy atom. The van der Waals surface area contributed by atoms with Crippen molar-refractivity contribution < 1.29 is 14.3 Å². The fourth-order valence-electron chi connectivity index (χ4n) is 1.80. The third-order valence-corrected chi connectivity index (χ3v) is 3.04. The zero-order chi connectivity index (χ0) is 13.7. The molecule has 1 amide bonds. The standard InChI is InChI=1S/C14H19FN2O2/c15-11-3-1-2-10(8-11)13(18)9-16-7-6-14(19)17-12-4-5-12/h1-3,8,12-13,16,18H,4-7,9H2,(H,17,19). The normalized spacial score (nSPS) is 16.1. The van der Waals surface area contributed by atoms with Crippen LogP contribution in [0.1, 0.15) is 30.9 Å². The van der Waals surface area contributed by atoms with Crippen molar-refractivity contribution in [2.24, 2.45) is 0 Å². The highest BCUT2D eigenvalue weighted by Gasteiger charge is 2.22. The second kappa shape index (κ2) is 6.63. The second-order valence-corrected chi connectivity index (χ2v) is 4.87. The van der Waals surface area contributed by atoms with Crippen LogP contribution in [0, 0.1) is 5.82 Å². The summed E-state index contributed by atoms with van der Waals surface area (Å²) >= 11 is 0. The van der Waals surface area contributed by atoms with Gasteiger partial charge in [0.05, 0.1) is 6.10 Å². The van der Waals surface area contributed by atoms with Crippen molar-refractivity contribution in [1.82, 2.24) is 10.6 Å². The smallest absolute Gasteiger partial charge is 0.221 e.